The zero-order chi connectivity index (χ0) is 16.2. The molecule has 0 unspecified atom stereocenters. The second kappa shape index (κ2) is 7.34. The lowest BCUT2D eigenvalue weighted by atomic mass is 9.90. The molecule has 1 aliphatic carbocycles. The SMILES string of the molecule is CCCCCCCCC1c2cc(C)ccc2-c2ccc(C)cc21. The molecule has 0 saturated heterocycles. The fourth-order valence-electron chi connectivity index (χ4n) is 4.04. The molecule has 0 heterocycles. The van der Waals surface area contributed by atoms with Crippen LogP contribution in [0.3, 0.4) is 0 Å². The Morgan fingerprint density at radius 1 is 0.696 bits per heavy atom. The zero-order valence-corrected chi connectivity index (χ0v) is 15.0. The van der Waals surface area contributed by atoms with E-state index in [9.17, 15) is 0 Å². The first kappa shape index (κ1) is 16.3. The first-order valence-electron chi connectivity index (χ1n) is 9.42. The van der Waals surface area contributed by atoms with Crippen molar-refractivity contribution < 1.29 is 0 Å². The van der Waals surface area contributed by atoms with Crippen molar-refractivity contribution in [2.75, 3.05) is 0 Å². The fraction of sp³-hybridized carbons (Fsp3) is 0.478. The van der Waals surface area contributed by atoms with Crippen molar-refractivity contribution in [3.63, 3.8) is 0 Å². The largest absolute Gasteiger partial charge is 0.0654 e. The lowest BCUT2D eigenvalue weighted by molar-refractivity contribution is 0.571. The minimum atomic E-state index is 0.617. The Hall–Kier alpha value is -1.56. The predicted octanol–water partition coefficient (Wildman–Crippen LogP) is 7.17. The molecule has 0 N–H and O–H groups in total. The third-order valence-electron chi connectivity index (χ3n) is 5.30. The topological polar surface area (TPSA) is 0 Å². The number of hydrogen-bond donors (Lipinski definition) is 0. The van der Waals surface area contributed by atoms with E-state index < -0.39 is 0 Å². The van der Waals surface area contributed by atoms with Crippen molar-refractivity contribution in [3.8, 4) is 11.1 Å². The average molecular weight is 306 g/mol. The number of hydrogen-bond acceptors (Lipinski definition) is 0. The van der Waals surface area contributed by atoms with Gasteiger partial charge in [-0.05, 0) is 42.5 Å². The highest BCUT2D eigenvalue weighted by atomic mass is 14.3. The molecule has 0 atom stereocenters. The van der Waals surface area contributed by atoms with Crippen LogP contribution in [0.25, 0.3) is 11.1 Å². The summed E-state index contributed by atoms with van der Waals surface area (Å²) in [4.78, 5) is 0. The summed E-state index contributed by atoms with van der Waals surface area (Å²) in [7, 11) is 0. The first-order chi connectivity index (χ1) is 11.2. The highest BCUT2D eigenvalue weighted by molar-refractivity contribution is 5.79. The molecule has 2 aromatic rings. The van der Waals surface area contributed by atoms with Crippen LogP contribution in [-0.2, 0) is 0 Å². The van der Waals surface area contributed by atoms with Crippen molar-refractivity contribution in [2.45, 2.75) is 71.6 Å². The summed E-state index contributed by atoms with van der Waals surface area (Å²) in [5, 5.41) is 0. The van der Waals surface area contributed by atoms with Crippen LogP contribution in [0.1, 0.15) is 80.0 Å². The van der Waals surface area contributed by atoms with Gasteiger partial charge in [0.15, 0.2) is 0 Å². The molecule has 3 rings (SSSR count). The van der Waals surface area contributed by atoms with Crippen molar-refractivity contribution in [2.24, 2.45) is 0 Å². The molecule has 0 heteroatoms. The van der Waals surface area contributed by atoms with E-state index in [1.807, 2.05) is 0 Å². The van der Waals surface area contributed by atoms with E-state index in [-0.39, 0.29) is 0 Å². The van der Waals surface area contributed by atoms with E-state index in [1.165, 1.54) is 67.2 Å². The molecular weight excluding hydrogens is 276 g/mol. The highest BCUT2D eigenvalue weighted by Gasteiger charge is 2.28. The van der Waals surface area contributed by atoms with Crippen LogP contribution in [0.15, 0.2) is 36.4 Å². The van der Waals surface area contributed by atoms with Gasteiger partial charge >= 0.3 is 0 Å². The van der Waals surface area contributed by atoms with Crippen molar-refractivity contribution >= 4 is 0 Å². The third kappa shape index (κ3) is 3.52. The summed E-state index contributed by atoms with van der Waals surface area (Å²) in [6, 6.07) is 14.0. The van der Waals surface area contributed by atoms with Gasteiger partial charge in [-0.1, -0.05) is 93.0 Å². The smallest absolute Gasteiger partial charge is 0.0102 e. The molecule has 0 nitrogen and oxygen atoms in total. The summed E-state index contributed by atoms with van der Waals surface area (Å²) >= 11 is 0. The zero-order valence-electron chi connectivity index (χ0n) is 15.0. The van der Waals surface area contributed by atoms with Gasteiger partial charge in [0, 0.05) is 5.92 Å². The molecular formula is C23H30. The number of fused-ring (bicyclic) bond motifs is 3. The second-order valence-corrected chi connectivity index (χ2v) is 7.29. The van der Waals surface area contributed by atoms with Crippen molar-refractivity contribution in [3.05, 3.63) is 58.7 Å². The Labute approximate surface area is 141 Å². The van der Waals surface area contributed by atoms with Gasteiger partial charge in [-0.25, -0.2) is 0 Å². The van der Waals surface area contributed by atoms with Crippen LogP contribution in [0.4, 0.5) is 0 Å². The first-order valence-corrected chi connectivity index (χ1v) is 9.42. The number of aryl methyl sites for hydroxylation is 2. The quantitative estimate of drug-likeness (QED) is 0.476. The van der Waals surface area contributed by atoms with E-state index in [0.717, 1.165) is 0 Å². The van der Waals surface area contributed by atoms with E-state index >= 15 is 0 Å². The molecule has 23 heavy (non-hydrogen) atoms. The van der Waals surface area contributed by atoms with Crippen LogP contribution in [0.2, 0.25) is 0 Å². The molecule has 1 aliphatic rings. The average Bonchev–Trinajstić information content (AvgIpc) is 2.83. The minimum absolute atomic E-state index is 0.617. The highest BCUT2D eigenvalue weighted by Crippen LogP contribution is 2.47. The minimum Gasteiger partial charge on any atom is -0.0654 e. The van der Waals surface area contributed by atoms with Crippen molar-refractivity contribution in [1.29, 1.82) is 0 Å². The van der Waals surface area contributed by atoms with E-state index in [4.69, 9.17) is 0 Å². The maximum absolute atomic E-state index is 2.42. The molecule has 0 aromatic heterocycles. The monoisotopic (exact) mass is 306 g/mol. The Balaban J connectivity index is 1.77. The lowest BCUT2D eigenvalue weighted by Gasteiger charge is -2.14. The molecule has 122 valence electrons. The van der Waals surface area contributed by atoms with E-state index in [1.54, 1.807) is 11.1 Å². The summed E-state index contributed by atoms with van der Waals surface area (Å²) in [6.07, 6.45) is 9.59. The van der Waals surface area contributed by atoms with Gasteiger partial charge in [-0.15, -0.1) is 0 Å². The standard InChI is InChI=1S/C23H30/c1-4-5-6-7-8-9-10-19-22-15-17(2)11-13-20(22)21-14-12-18(3)16-23(19)21/h11-16,19H,4-10H2,1-3H3. The Kier molecular flexibility index (Phi) is 5.20. The van der Waals surface area contributed by atoms with Crippen LogP contribution >= 0.6 is 0 Å². The van der Waals surface area contributed by atoms with Crippen LogP contribution in [-0.4, -0.2) is 0 Å². The summed E-state index contributed by atoms with van der Waals surface area (Å²) in [5.74, 6) is 0.617. The van der Waals surface area contributed by atoms with Crippen LogP contribution < -0.4 is 0 Å². The molecule has 0 saturated carbocycles. The predicted molar refractivity (Wildman–Crippen MR) is 101 cm³/mol. The Morgan fingerprint density at radius 2 is 1.22 bits per heavy atom. The van der Waals surface area contributed by atoms with Gasteiger partial charge < -0.3 is 0 Å². The maximum Gasteiger partial charge on any atom is 0.0102 e. The van der Waals surface area contributed by atoms with Gasteiger partial charge in [0.2, 0.25) is 0 Å². The van der Waals surface area contributed by atoms with Crippen molar-refractivity contribution in [1.82, 2.24) is 0 Å². The maximum atomic E-state index is 2.42. The van der Waals surface area contributed by atoms with Gasteiger partial charge in [0.25, 0.3) is 0 Å². The fourth-order valence-corrected chi connectivity index (χ4v) is 4.04. The summed E-state index contributed by atoms with van der Waals surface area (Å²) in [6.45, 7) is 6.73. The van der Waals surface area contributed by atoms with Gasteiger partial charge in [-0.3, -0.25) is 0 Å². The molecule has 0 fully saturated rings. The Bertz CT molecular complexity index is 614. The normalized spacial score (nSPS) is 13.2. The van der Waals surface area contributed by atoms with Crippen LogP contribution in [0.5, 0.6) is 0 Å². The molecule has 0 radical (unpaired) electrons. The van der Waals surface area contributed by atoms with Gasteiger partial charge in [0.05, 0.1) is 0 Å². The molecule has 0 spiro atoms. The van der Waals surface area contributed by atoms with Gasteiger partial charge in [-0.2, -0.15) is 0 Å². The summed E-state index contributed by atoms with van der Waals surface area (Å²) < 4.78 is 0. The van der Waals surface area contributed by atoms with E-state index in [0.29, 0.717) is 5.92 Å². The van der Waals surface area contributed by atoms with Crippen LogP contribution in [0, 0.1) is 13.8 Å². The molecule has 0 amide bonds. The number of benzene rings is 2. The molecule has 2 aromatic carbocycles. The number of unbranched alkanes of at least 4 members (excludes halogenated alkanes) is 5. The van der Waals surface area contributed by atoms with Gasteiger partial charge in [0.1, 0.15) is 0 Å². The number of rotatable bonds is 7. The van der Waals surface area contributed by atoms with E-state index in [2.05, 4.69) is 57.2 Å². The molecule has 0 bridgehead atoms. The third-order valence-corrected chi connectivity index (χ3v) is 5.30. The molecule has 0 aliphatic heterocycles. The Morgan fingerprint density at radius 3 is 1.78 bits per heavy atom. The summed E-state index contributed by atoms with van der Waals surface area (Å²) in [5.41, 5.74) is 8.86. The second-order valence-electron chi connectivity index (χ2n) is 7.29. The lowest BCUT2D eigenvalue weighted by Crippen LogP contribution is -1.98.